The Labute approximate surface area is 121 Å². The first kappa shape index (κ1) is 19.1. The average Bonchev–Trinajstić information content (AvgIpc) is 2.39. The molecular formula is C15H34O3Si. The number of hydrogen-bond donors (Lipinski definition) is 0. The zero-order valence-corrected chi connectivity index (χ0v) is 14.7. The molecule has 0 atom stereocenters. The first-order chi connectivity index (χ1) is 9.10. The third-order valence-electron chi connectivity index (χ3n) is 2.84. The van der Waals surface area contributed by atoms with Gasteiger partial charge in [-0.2, -0.15) is 0 Å². The summed E-state index contributed by atoms with van der Waals surface area (Å²) in [6.07, 6.45) is 5.41. The predicted molar refractivity (Wildman–Crippen MR) is 83.4 cm³/mol. The smallest absolute Gasteiger partial charge is 0.373 e. The van der Waals surface area contributed by atoms with E-state index in [2.05, 4.69) is 34.6 Å². The highest BCUT2D eigenvalue weighted by Gasteiger charge is 2.40. The van der Waals surface area contributed by atoms with Gasteiger partial charge < -0.3 is 13.3 Å². The quantitative estimate of drug-likeness (QED) is 0.462. The molecule has 0 aromatic carbocycles. The van der Waals surface area contributed by atoms with Crippen molar-refractivity contribution in [3.63, 3.8) is 0 Å². The monoisotopic (exact) mass is 290 g/mol. The van der Waals surface area contributed by atoms with Gasteiger partial charge in [-0.05, 0) is 31.6 Å². The van der Waals surface area contributed by atoms with Crippen LogP contribution in [0.15, 0.2) is 0 Å². The molecule has 0 radical (unpaired) electrons. The fraction of sp³-hybridized carbons (Fsp3) is 1.00. The molecule has 0 saturated heterocycles. The molecule has 0 amide bonds. The standard InChI is InChI=1S/C15H34O3Si/c1-6-11-16-19(17-12-7-2,18-13-8-3)14-9-10-15(4)5/h15H,6-14H2,1-5H3. The molecule has 116 valence electrons. The van der Waals surface area contributed by atoms with Crippen molar-refractivity contribution in [1.82, 2.24) is 0 Å². The van der Waals surface area contributed by atoms with E-state index in [0.29, 0.717) is 0 Å². The summed E-state index contributed by atoms with van der Waals surface area (Å²) in [7, 11) is -2.43. The molecule has 19 heavy (non-hydrogen) atoms. The SMILES string of the molecule is CCCO[Si](CCCC(C)C)(OCCC)OCCC. The zero-order valence-electron chi connectivity index (χ0n) is 13.7. The van der Waals surface area contributed by atoms with E-state index in [0.717, 1.165) is 57.5 Å². The molecule has 0 aromatic heterocycles. The van der Waals surface area contributed by atoms with Gasteiger partial charge >= 0.3 is 8.80 Å². The normalized spacial score (nSPS) is 12.3. The van der Waals surface area contributed by atoms with E-state index in [1.807, 2.05) is 0 Å². The Morgan fingerprint density at radius 2 is 1.21 bits per heavy atom. The highest BCUT2D eigenvalue weighted by Crippen LogP contribution is 2.22. The Hall–Kier alpha value is 0.0969. The van der Waals surface area contributed by atoms with Gasteiger partial charge in [0.2, 0.25) is 0 Å². The van der Waals surface area contributed by atoms with Crippen LogP contribution in [0.2, 0.25) is 6.04 Å². The maximum Gasteiger partial charge on any atom is 0.500 e. The summed E-state index contributed by atoms with van der Waals surface area (Å²) in [5, 5.41) is 0. The molecule has 0 aromatic rings. The maximum absolute atomic E-state index is 6.06. The van der Waals surface area contributed by atoms with E-state index in [4.69, 9.17) is 13.3 Å². The summed E-state index contributed by atoms with van der Waals surface area (Å²) in [5.74, 6) is 0.732. The lowest BCUT2D eigenvalue weighted by atomic mass is 10.1. The highest BCUT2D eigenvalue weighted by molar-refractivity contribution is 6.60. The van der Waals surface area contributed by atoms with Gasteiger partial charge in [-0.1, -0.05) is 41.0 Å². The van der Waals surface area contributed by atoms with Crippen molar-refractivity contribution in [2.24, 2.45) is 5.92 Å². The first-order valence-electron chi connectivity index (χ1n) is 8.02. The van der Waals surface area contributed by atoms with Crippen molar-refractivity contribution in [2.45, 2.75) is 72.8 Å². The van der Waals surface area contributed by atoms with Crippen molar-refractivity contribution in [3.05, 3.63) is 0 Å². The van der Waals surface area contributed by atoms with Gasteiger partial charge in [0.1, 0.15) is 0 Å². The van der Waals surface area contributed by atoms with Gasteiger partial charge in [0.05, 0.1) is 0 Å². The molecule has 0 aliphatic heterocycles. The molecule has 0 saturated carbocycles. The predicted octanol–water partition coefficient (Wildman–Crippen LogP) is 4.64. The maximum atomic E-state index is 6.06. The summed E-state index contributed by atoms with van der Waals surface area (Å²) in [4.78, 5) is 0. The van der Waals surface area contributed by atoms with Gasteiger partial charge in [-0.25, -0.2) is 0 Å². The van der Waals surface area contributed by atoms with E-state index in [1.165, 1.54) is 6.42 Å². The third kappa shape index (κ3) is 9.60. The van der Waals surface area contributed by atoms with Crippen LogP contribution in [0.4, 0.5) is 0 Å². The van der Waals surface area contributed by atoms with Crippen LogP contribution in [0.3, 0.4) is 0 Å². The second kappa shape index (κ2) is 11.9. The molecule has 0 fully saturated rings. The van der Waals surface area contributed by atoms with Crippen molar-refractivity contribution in [3.8, 4) is 0 Å². The van der Waals surface area contributed by atoms with Gasteiger partial charge in [0.15, 0.2) is 0 Å². The second-order valence-electron chi connectivity index (χ2n) is 5.51. The first-order valence-corrected chi connectivity index (χ1v) is 9.95. The molecule has 4 heteroatoms. The Kier molecular flexibility index (Phi) is 11.9. The third-order valence-corrected chi connectivity index (χ3v) is 5.74. The lowest BCUT2D eigenvalue weighted by Gasteiger charge is -2.29. The average molecular weight is 291 g/mol. The molecule has 0 heterocycles. The van der Waals surface area contributed by atoms with Gasteiger partial charge in [-0.15, -0.1) is 0 Å². The van der Waals surface area contributed by atoms with Crippen LogP contribution in [0.1, 0.15) is 66.7 Å². The van der Waals surface area contributed by atoms with Crippen LogP contribution in [-0.2, 0) is 13.3 Å². The van der Waals surface area contributed by atoms with E-state index < -0.39 is 8.80 Å². The minimum Gasteiger partial charge on any atom is -0.373 e. The minimum absolute atomic E-state index is 0.732. The molecule has 0 bridgehead atoms. The van der Waals surface area contributed by atoms with E-state index in [-0.39, 0.29) is 0 Å². The second-order valence-corrected chi connectivity index (χ2v) is 8.25. The van der Waals surface area contributed by atoms with Crippen LogP contribution in [0, 0.1) is 5.92 Å². The van der Waals surface area contributed by atoms with Gasteiger partial charge in [0.25, 0.3) is 0 Å². The molecule has 0 aliphatic carbocycles. The van der Waals surface area contributed by atoms with Gasteiger partial charge in [0, 0.05) is 25.9 Å². The molecule has 0 rings (SSSR count). The largest absolute Gasteiger partial charge is 0.500 e. The summed E-state index contributed by atoms with van der Waals surface area (Å²) >= 11 is 0. The Bertz CT molecular complexity index is 176. The van der Waals surface area contributed by atoms with Crippen molar-refractivity contribution in [2.75, 3.05) is 19.8 Å². The fourth-order valence-corrected chi connectivity index (χ4v) is 4.71. The van der Waals surface area contributed by atoms with Crippen LogP contribution in [0.5, 0.6) is 0 Å². The van der Waals surface area contributed by atoms with Crippen LogP contribution in [-0.4, -0.2) is 28.6 Å². The van der Waals surface area contributed by atoms with Crippen LogP contribution in [0.25, 0.3) is 0 Å². The number of rotatable bonds is 13. The molecule has 0 N–H and O–H groups in total. The van der Waals surface area contributed by atoms with Crippen LogP contribution >= 0.6 is 0 Å². The molecule has 0 unspecified atom stereocenters. The summed E-state index contributed by atoms with van der Waals surface area (Å²) < 4.78 is 18.2. The Balaban J connectivity index is 4.47. The topological polar surface area (TPSA) is 27.7 Å². The highest BCUT2D eigenvalue weighted by atomic mass is 28.4. The zero-order chi connectivity index (χ0) is 14.6. The van der Waals surface area contributed by atoms with Crippen molar-refractivity contribution >= 4 is 8.80 Å². The Morgan fingerprint density at radius 1 is 0.789 bits per heavy atom. The lowest BCUT2D eigenvalue weighted by Crippen LogP contribution is -2.46. The fourth-order valence-electron chi connectivity index (χ4n) is 1.84. The van der Waals surface area contributed by atoms with E-state index in [1.54, 1.807) is 0 Å². The molecule has 0 spiro atoms. The molecule has 0 aliphatic rings. The molecular weight excluding hydrogens is 256 g/mol. The van der Waals surface area contributed by atoms with E-state index in [9.17, 15) is 0 Å². The van der Waals surface area contributed by atoms with Gasteiger partial charge in [-0.3, -0.25) is 0 Å². The summed E-state index contributed by atoms with van der Waals surface area (Å²) in [6.45, 7) is 13.2. The lowest BCUT2D eigenvalue weighted by molar-refractivity contribution is 0.0584. The summed E-state index contributed by atoms with van der Waals surface area (Å²) in [6, 6.07) is 0.963. The molecule has 3 nitrogen and oxygen atoms in total. The van der Waals surface area contributed by atoms with E-state index >= 15 is 0 Å². The van der Waals surface area contributed by atoms with Crippen molar-refractivity contribution in [1.29, 1.82) is 0 Å². The minimum atomic E-state index is -2.43. The Morgan fingerprint density at radius 3 is 1.53 bits per heavy atom. The van der Waals surface area contributed by atoms with Crippen molar-refractivity contribution < 1.29 is 13.3 Å². The van der Waals surface area contributed by atoms with Crippen LogP contribution < -0.4 is 0 Å². The number of hydrogen-bond acceptors (Lipinski definition) is 3. The summed E-state index contributed by atoms with van der Waals surface area (Å²) in [5.41, 5.74) is 0.